The van der Waals surface area contributed by atoms with E-state index in [0.29, 0.717) is 16.9 Å². The van der Waals surface area contributed by atoms with E-state index in [0.717, 1.165) is 27.0 Å². The number of hydrogen-bond donors (Lipinski definition) is 2. The summed E-state index contributed by atoms with van der Waals surface area (Å²) in [5.41, 5.74) is 1.87. The number of sulfonamides is 1. The maximum absolute atomic E-state index is 12.7. The number of para-hydroxylation sites is 1. The minimum atomic E-state index is -3.70. The zero-order valence-corrected chi connectivity index (χ0v) is 19.8. The second-order valence-corrected chi connectivity index (χ2v) is 9.84. The Morgan fingerprint density at radius 3 is 2.43 bits per heavy atom. The third kappa shape index (κ3) is 6.30. The van der Waals surface area contributed by atoms with Gasteiger partial charge in [0.05, 0.1) is 23.2 Å². The van der Waals surface area contributed by atoms with Gasteiger partial charge in [-0.2, -0.15) is 0 Å². The van der Waals surface area contributed by atoms with Crippen molar-refractivity contribution in [3.05, 3.63) is 58.1 Å². The van der Waals surface area contributed by atoms with E-state index in [1.54, 1.807) is 42.5 Å². The molecule has 2 amide bonds. The largest absolute Gasteiger partial charge is 0.350 e. The molecule has 0 aliphatic carbocycles. The van der Waals surface area contributed by atoms with Crippen molar-refractivity contribution in [3.63, 3.8) is 0 Å². The molecule has 2 aromatic carbocycles. The van der Waals surface area contributed by atoms with E-state index in [4.69, 9.17) is 0 Å². The van der Waals surface area contributed by atoms with Crippen LogP contribution >= 0.6 is 15.9 Å². The van der Waals surface area contributed by atoms with Crippen LogP contribution in [0.2, 0.25) is 0 Å². The van der Waals surface area contributed by atoms with Gasteiger partial charge in [0.25, 0.3) is 5.91 Å². The van der Waals surface area contributed by atoms with Crippen LogP contribution in [0.4, 0.5) is 11.4 Å². The van der Waals surface area contributed by atoms with E-state index >= 15 is 0 Å². The van der Waals surface area contributed by atoms with Gasteiger partial charge in [-0.3, -0.25) is 13.9 Å². The molecular weight excluding hydrogens is 470 g/mol. The average molecular weight is 496 g/mol. The summed E-state index contributed by atoms with van der Waals surface area (Å²) in [6.07, 6.45) is 1.82. The van der Waals surface area contributed by atoms with E-state index < -0.39 is 22.5 Å². The number of aryl methyl sites for hydroxylation is 1. The zero-order chi connectivity index (χ0) is 22.5. The maximum Gasteiger partial charge on any atom is 0.253 e. The van der Waals surface area contributed by atoms with Gasteiger partial charge >= 0.3 is 0 Å². The molecule has 2 aromatic rings. The molecule has 0 saturated heterocycles. The van der Waals surface area contributed by atoms with Crippen molar-refractivity contribution < 1.29 is 18.0 Å². The van der Waals surface area contributed by atoms with Crippen molar-refractivity contribution in [1.82, 2.24) is 5.32 Å². The highest BCUT2D eigenvalue weighted by atomic mass is 79.9. The quantitative estimate of drug-likeness (QED) is 0.583. The Labute approximate surface area is 186 Å². The van der Waals surface area contributed by atoms with Crippen LogP contribution in [0, 0.1) is 6.92 Å². The van der Waals surface area contributed by atoms with Crippen molar-refractivity contribution >= 4 is 49.1 Å². The molecule has 1 atom stereocenters. The number of rotatable bonds is 8. The molecule has 0 fully saturated rings. The predicted molar refractivity (Wildman–Crippen MR) is 123 cm³/mol. The molecule has 0 unspecified atom stereocenters. The molecule has 0 aliphatic heterocycles. The molecule has 9 heteroatoms. The number of carbonyl (C=O) groups is 2. The van der Waals surface area contributed by atoms with Gasteiger partial charge in [-0.15, -0.1) is 0 Å². The highest BCUT2D eigenvalue weighted by molar-refractivity contribution is 9.10. The minimum Gasteiger partial charge on any atom is -0.350 e. The second kappa shape index (κ2) is 10.1. The molecule has 0 aromatic heterocycles. The van der Waals surface area contributed by atoms with Gasteiger partial charge in [0.1, 0.15) is 6.54 Å². The Bertz CT molecular complexity index is 1040. The second-order valence-electron chi connectivity index (χ2n) is 7.08. The number of anilines is 2. The molecule has 0 radical (unpaired) electrons. The number of carbonyl (C=O) groups excluding carboxylic acids is 2. The van der Waals surface area contributed by atoms with Crippen LogP contribution in [-0.2, 0) is 14.8 Å². The van der Waals surface area contributed by atoms with Crippen LogP contribution < -0.4 is 14.9 Å². The summed E-state index contributed by atoms with van der Waals surface area (Å²) < 4.78 is 26.5. The SMILES string of the molecule is CC[C@@H](C)NC(=O)c1ccccc1NC(=O)CN(c1ccc(Br)c(C)c1)S(C)(=O)=O. The van der Waals surface area contributed by atoms with Crippen LogP contribution in [0.3, 0.4) is 0 Å². The lowest BCUT2D eigenvalue weighted by molar-refractivity contribution is -0.114. The minimum absolute atomic E-state index is 0.0115. The van der Waals surface area contributed by atoms with Crippen molar-refractivity contribution in [1.29, 1.82) is 0 Å². The first-order valence-electron chi connectivity index (χ1n) is 9.46. The molecule has 162 valence electrons. The van der Waals surface area contributed by atoms with Crippen LogP contribution in [0.5, 0.6) is 0 Å². The molecule has 0 bridgehead atoms. The van der Waals surface area contributed by atoms with E-state index in [2.05, 4.69) is 26.6 Å². The van der Waals surface area contributed by atoms with E-state index in [-0.39, 0.29) is 11.9 Å². The summed E-state index contributed by atoms with van der Waals surface area (Å²) in [5, 5.41) is 5.53. The summed E-state index contributed by atoms with van der Waals surface area (Å²) in [4.78, 5) is 25.2. The van der Waals surface area contributed by atoms with Crippen LogP contribution in [0.25, 0.3) is 0 Å². The Balaban J connectivity index is 2.24. The molecule has 0 aliphatic rings. The number of hydrogen-bond acceptors (Lipinski definition) is 4. The van der Waals surface area contributed by atoms with Gasteiger partial charge in [-0.05, 0) is 56.2 Å². The number of halogens is 1. The smallest absolute Gasteiger partial charge is 0.253 e. The first kappa shape index (κ1) is 23.9. The van der Waals surface area contributed by atoms with Gasteiger partial charge in [-0.25, -0.2) is 8.42 Å². The molecule has 0 saturated carbocycles. The normalized spacial score (nSPS) is 12.2. The first-order chi connectivity index (χ1) is 14.0. The van der Waals surface area contributed by atoms with E-state index in [1.807, 2.05) is 20.8 Å². The number of nitrogens with one attached hydrogen (secondary N) is 2. The number of nitrogens with zero attached hydrogens (tertiary/aromatic N) is 1. The van der Waals surface area contributed by atoms with Crippen LogP contribution in [-0.4, -0.2) is 39.1 Å². The fourth-order valence-corrected chi connectivity index (χ4v) is 3.79. The van der Waals surface area contributed by atoms with Crippen molar-refractivity contribution in [3.8, 4) is 0 Å². The monoisotopic (exact) mass is 495 g/mol. The summed E-state index contributed by atoms with van der Waals surface area (Å²) in [7, 11) is -3.70. The van der Waals surface area contributed by atoms with Crippen LogP contribution in [0.1, 0.15) is 36.2 Å². The Morgan fingerprint density at radius 2 is 1.83 bits per heavy atom. The van der Waals surface area contributed by atoms with Gasteiger partial charge in [0, 0.05) is 10.5 Å². The summed E-state index contributed by atoms with van der Waals surface area (Å²) >= 11 is 3.38. The highest BCUT2D eigenvalue weighted by Crippen LogP contribution is 2.25. The standard InChI is InChI=1S/C21H26BrN3O4S/c1-5-15(3)23-21(27)17-8-6-7-9-19(17)24-20(26)13-25(30(4,28)29)16-10-11-18(22)14(2)12-16/h6-12,15H,5,13H2,1-4H3,(H,23,27)(H,24,26)/t15-/m1/s1. The van der Waals surface area contributed by atoms with Gasteiger partial charge in [0.2, 0.25) is 15.9 Å². The predicted octanol–water partition coefficient (Wildman–Crippen LogP) is 3.69. The van der Waals surface area contributed by atoms with Crippen LogP contribution in [0.15, 0.2) is 46.9 Å². The molecule has 30 heavy (non-hydrogen) atoms. The lowest BCUT2D eigenvalue weighted by atomic mass is 10.1. The first-order valence-corrected chi connectivity index (χ1v) is 12.1. The fourth-order valence-electron chi connectivity index (χ4n) is 2.70. The van der Waals surface area contributed by atoms with Crippen molar-refractivity contribution in [2.75, 3.05) is 22.4 Å². The molecule has 0 spiro atoms. The number of amides is 2. The number of benzene rings is 2. The third-order valence-corrected chi connectivity index (χ3v) is 6.58. The summed E-state index contributed by atoms with van der Waals surface area (Å²) in [6.45, 7) is 5.27. The van der Waals surface area contributed by atoms with Gasteiger partial charge in [0.15, 0.2) is 0 Å². The average Bonchev–Trinajstić information content (AvgIpc) is 2.67. The Morgan fingerprint density at radius 1 is 1.17 bits per heavy atom. The van der Waals surface area contributed by atoms with Crippen molar-refractivity contribution in [2.45, 2.75) is 33.2 Å². The molecular formula is C21H26BrN3O4S. The third-order valence-electron chi connectivity index (χ3n) is 4.55. The zero-order valence-electron chi connectivity index (χ0n) is 17.4. The van der Waals surface area contributed by atoms with Gasteiger partial charge in [-0.1, -0.05) is 35.0 Å². The Kier molecular flexibility index (Phi) is 8.03. The lowest BCUT2D eigenvalue weighted by Crippen LogP contribution is -2.38. The lowest BCUT2D eigenvalue weighted by Gasteiger charge is -2.23. The van der Waals surface area contributed by atoms with E-state index in [9.17, 15) is 18.0 Å². The summed E-state index contributed by atoms with van der Waals surface area (Å²) in [6, 6.07) is 11.6. The Hall–Kier alpha value is -2.39. The fraction of sp³-hybridized carbons (Fsp3) is 0.333. The molecule has 2 rings (SSSR count). The van der Waals surface area contributed by atoms with Crippen molar-refractivity contribution in [2.24, 2.45) is 0 Å². The highest BCUT2D eigenvalue weighted by Gasteiger charge is 2.22. The van der Waals surface area contributed by atoms with E-state index in [1.165, 1.54) is 0 Å². The van der Waals surface area contributed by atoms with Gasteiger partial charge < -0.3 is 10.6 Å². The molecule has 2 N–H and O–H groups in total. The molecule has 0 heterocycles. The maximum atomic E-state index is 12.7. The topological polar surface area (TPSA) is 95.6 Å². The summed E-state index contributed by atoms with van der Waals surface area (Å²) in [5.74, 6) is -0.853. The molecule has 7 nitrogen and oxygen atoms in total.